The van der Waals surface area contributed by atoms with Crippen LogP contribution in [-0.4, -0.2) is 31.1 Å². The maximum absolute atomic E-state index is 12.5. The molecule has 1 atom stereocenters. The van der Waals surface area contributed by atoms with Crippen molar-refractivity contribution in [2.24, 2.45) is 11.3 Å². The van der Waals surface area contributed by atoms with Gasteiger partial charge < -0.3 is 14.8 Å². The third kappa shape index (κ3) is 4.69. The molecule has 150 valence electrons. The number of carbonyl (C=O) groups excluding carboxylic acids is 3. The normalized spacial score (nSPS) is 16.4. The number of anilines is 1. The quantitative estimate of drug-likeness (QED) is 0.582. The molecule has 0 saturated carbocycles. The lowest BCUT2D eigenvalue weighted by atomic mass is 9.69. The molecule has 6 nitrogen and oxygen atoms in total. The molecule has 0 bridgehead atoms. The third-order valence-electron chi connectivity index (χ3n) is 5.45. The number of thiophene rings is 1. The molecule has 1 aromatic rings. The van der Waals surface area contributed by atoms with Gasteiger partial charge in [-0.15, -0.1) is 11.3 Å². The monoisotopic (exact) mass is 395 g/mol. The van der Waals surface area contributed by atoms with Crippen LogP contribution < -0.4 is 5.32 Å². The Bertz CT molecular complexity index is 722. The predicted molar refractivity (Wildman–Crippen MR) is 105 cm³/mol. The van der Waals surface area contributed by atoms with Crippen molar-refractivity contribution in [1.29, 1.82) is 0 Å². The molecule has 1 amide bonds. The van der Waals surface area contributed by atoms with Gasteiger partial charge in [0.2, 0.25) is 0 Å². The number of rotatable bonds is 6. The van der Waals surface area contributed by atoms with Gasteiger partial charge in [0.1, 0.15) is 5.00 Å². The van der Waals surface area contributed by atoms with Crippen LogP contribution in [0.3, 0.4) is 0 Å². The van der Waals surface area contributed by atoms with Gasteiger partial charge in [0, 0.05) is 4.88 Å². The fourth-order valence-corrected chi connectivity index (χ4v) is 4.71. The van der Waals surface area contributed by atoms with E-state index in [1.807, 2.05) is 0 Å². The van der Waals surface area contributed by atoms with Gasteiger partial charge in [-0.1, -0.05) is 27.2 Å². The zero-order valence-corrected chi connectivity index (χ0v) is 17.6. The van der Waals surface area contributed by atoms with E-state index in [2.05, 4.69) is 26.1 Å². The summed E-state index contributed by atoms with van der Waals surface area (Å²) >= 11 is 1.37. The molecule has 1 aliphatic carbocycles. The summed E-state index contributed by atoms with van der Waals surface area (Å²) in [7, 11) is 0. The van der Waals surface area contributed by atoms with Crippen LogP contribution in [0.15, 0.2) is 0 Å². The van der Waals surface area contributed by atoms with Crippen molar-refractivity contribution in [2.75, 3.05) is 18.5 Å². The van der Waals surface area contributed by atoms with E-state index in [9.17, 15) is 14.4 Å². The molecule has 0 saturated heterocycles. The fraction of sp³-hybridized carbons (Fsp3) is 0.650. The maximum Gasteiger partial charge on any atom is 0.397 e. The molecule has 27 heavy (non-hydrogen) atoms. The molecule has 2 rings (SSSR count). The third-order valence-corrected chi connectivity index (χ3v) is 6.62. The van der Waals surface area contributed by atoms with Crippen LogP contribution in [0.2, 0.25) is 0 Å². The molecule has 7 heteroatoms. The summed E-state index contributed by atoms with van der Waals surface area (Å²) in [6.45, 7) is 10.5. The highest BCUT2D eigenvalue weighted by Gasteiger charge is 2.36. The average Bonchev–Trinajstić information content (AvgIpc) is 2.99. The first-order valence-electron chi connectivity index (χ1n) is 9.54. The molecule has 0 aromatic carbocycles. The first-order valence-corrected chi connectivity index (χ1v) is 10.4. The summed E-state index contributed by atoms with van der Waals surface area (Å²) < 4.78 is 9.94. The summed E-state index contributed by atoms with van der Waals surface area (Å²) in [5, 5.41) is 2.94. The van der Waals surface area contributed by atoms with E-state index in [1.165, 1.54) is 11.3 Å². The van der Waals surface area contributed by atoms with Gasteiger partial charge in [-0.2, -0.15) is 0 Å². The molecular weight excluding hydrogens is 366 g/mol. The van der Waals surface area contributed by atoms with Crippen LogP contribution in [0, 0.1) is 11.3 Å². The van der Waals surface area contributed by atoms with E-state index in [-0.39, 0.29) is 18.6 Å². The number of hydrogen-bond acceptors (Lipinski definition) is 6. The Kier molecular flexibility index (Phi) is 7.03. The van der Waals surface area contributed by atoms with Crippen molar-refractivity contribution >= 4 is 34.2 Å². The highest BCUT2D eigenvalue weighted by molar-refractivity contribution is 7.17. The lowest BCUT2D eigenvalue weighted by Crippen LogP contribution is -2.28. The number of fused-ring (bicyclic) bond motifs is 1. The Hall–Kier alpha value is -1.89. The molecule has 0 fully saturated rings. The fourth-order valence-electron chi connectivity index (χ4n) is 3.40. The van der Waals surface area contributed by atoms with Gasteiger partial charge in [0.15, 0.2) is 0 Å². The Labute approximate surface area is 164 Å². The van der Waals surface area contributed by atoms with E-state index in [4.69, 9.17) is 9.47 Å². The number of ether oxygens (including phenoxy) is 2. The zero-order valence-electron chi connectivity index (χ0n) is 16.8. The SMILES string of the molecule is CCOC(=O)C(=O)Nc1sc2c(c1C(=O)OCC)CCC(C(C)(C)CC)C2. The molecule has 0 radical (unpaired) electrons. The zero-order chi connectivity index (χ0) is 20.2. The van der Waals surface area contributed by atoms with Crippen LogP contribution in [0.4, 0.5) is 5.00 Å². The largest absolute Gasteiger partial charge is 0.462 e. The summed E-state index contributed by atoms with van der Waals surface area (Å²) in [5.41, 5.74) is 1.54. The van der Waals surface area contributed by atoms with Crippen molar-refractivity contribution in [1.82, 2.24) is 0 Å². The molecule has 0 aliphatic heterocycles. The number of esters is 2. The Morgan fingerprint density at radius 2 is 1.81 bits per heavy atom. The van der Waals surface area contributed by atoms with Crippen molar-refractivity contribution in [3.05, 3.63) is 16.0 Å². The number of hydrogen-bond donors (Lipinski definition) is 1. The van der Waals surface area contributed by atoms with Gasteiger partial charge in [-0.05, 0) is 50.0 Å². The van der Waals surface area contributed by atoms with E-state index in [0.29, 0.717) is 16.5 Å². The standard InChI is InChI=1S/C20H29NO5S/c1-6-20(4,5)12-9-10-13-14(11-12)27-17(15(13)18(23)25-7-2)21-16(22)19(24)26-8-3/h12H,6-11H2,1-5H3,(H,21,22). The number of amides is 1. The topological polar surface area (TPSA) is 81.7 Å². The van der Waals surface area contributed by atoms with Crippen LogP contribution in [-0.2, 0) is 31.9 Å². The minimum absolute atomic E-state index is 0.117. The molecule has 1 aromatic heterocycles. The summed E-state index contributed by atoms with van der Waals surface area (Å²) in [6, 6.07) is 0. The van der Waals surface area contributed by atoms with Gasteiger partial charge >= 0.3 is 17.8 Å². The molecule has 1 N–H and O–H groups in total. The van der Waals surface area contributed by atoms with Gasteiger partial charge in [0.25, 0.3) is 0 Å². The second-order valence-electron chi connectivity index (χ2n) is 7.38. The Morgan fingerprint density at radius 3 is 2.41 bits per heavy atom. The van der Waals surface area contributed by atoms with Gasteiger partial charge in [-0.3, -0.25) is 4.79 Å². The Balaban J connectivity index is 2.36. The first-order chi connectivity index (χ1) is 12.7. The lowest BCUT2D eigenvalue weighted by Gasteiger charge is -2.36. The van der Waals surface area contributed by atoms with E-state index in [0.717, 1.165) is 36.1 Å². The first kappa shape index (κ1) is 21.4. The minimum atomic E-state index is -0.955. The molecule has 0 spiro atoms. The van der Waals surface area contributed by atoms with Crippen molar-refractivity contribution < 1.29 is 23.9 Å². The van der Waals surface area contributed by atoms with Crippen molar-refractivity contribution in [2.45, 2.75) is 60.3 Å². The number of nitrogens with one attached hydrogen (secondary N) is 1. The maximum atomic E-state index is 12.5. The van der Waals surface area contributed by atoms with Crippen LogP contribution in [0.5, 0.6) is 0 Å². The van der Waals surface area contributed by atoms with Crippen molar-refractivity contribution in [3.63, 3.8) is 0 Å². The van der Waals surface area contributed by atoms with Crippen LogP contribution >= 0.6 is 11.3 Å². The second-order valence-corrected chi connectivity index (χ2v) is 8.49. The van der Waals surface area contributed by atoms with Gasteiger partial charge in [0.05, 0.1) is 18.8 Å². The number of carbonyl (C=O) groups is 3. The van der Waals surface area contributed by atoms with E-state index >= 15 is 0 Å². The summed E-state index contributed by atoms with van der Waals surface area (Å²) in [6.07, 6.45) is 3.70. The molecule has 1 unspecified atom stereocenters. The minimum Gasteiger partial charge on any atom is -0.462 e. The Morgan fingerprint density at radius 1 is 1.15 bits per heavy atom. The summed E-state index contributed by atoms with van der Waals surface area (Å²) in [5.74, 6) is -1.77. The van der Waals surface area contributed by atoms with Crippen LogP contribution in [0.25, 0.3) is 0 Å². The second kappa shape index (κ2) is 8.87. The smallest absolute Gasteiger partial charge is 0.397 e. The lowest BCUT2D eigenvalue weighted by molar-refractivity contribution is -0.152. The van der Waals surface area contributed by atoms with Crippen molar-refractivity contribution in [3.8, 4) is 0 Å². The highest BCUT2D eigenvalue weighted by Crippen LogP contribution is 2.45. The molecule has 1 heterocycles. The predicted octanol–water partition coefficient (Wildman–Crippen LogP) is 3.97. The average molecular weight is 396 g/mol. The highest BCUT2D eigenvalue weighted by atomic mass is 32.1. The molecular formula is C20H29NO5S. The molecule has 1 aliphatic rings. The summed E-state index contributed by atoms with van der Waals surface area (Å²) in [4.78, 5) is 37.4. The van der Waals surface area contributed by atoms with Crippen LogP contribution in [0.1, 0.15) is 68.3 Å². The van der Waals surface area contributed by atoms with E-state index < -0.39 is 17.8 Å². The van der Waals surface area contributed by atoms with Gasteiger partial charge in [-0.25, -0.2) is 9.59 Å². The van der Waals surface area contributed by atoms with E-state index in [1.54, 1.807) is 13.8 Å².